The molecule has 0 aliphatic carbocycles. The molecular formula is C17H12Cl3N3O2. The minimum Gasteiger partial charge on any atom is -0.322 e. The Bertz CT molecular complexity index is 1020. The fourth-order valence-corrected chi connectivity index (χ4v) is 3.36. The number of fused-ring (bicyclic) bond motifs is 1. The second-order valence-electron chi connectivity index (χ2n) is 5.36. The number of hydrogen-bond acceptors (Lipinski definition) is 3. The van der Waals surface area contributed by atoms with Crippen LogP contribution in [0, 0.1) is 6.92 Å². The largest absolute Gasteiger partial charge is 0.322 e. The Labute approximate surface area is 158 Å². The number of aromatic nitrogens is 2. The molecule has 2 aromatic carbocycles. The number of anilines is 1. The molecular weight excluding hydrogens is 385 g/mol. The van der Waals surface area contributed by atoms with Gasteiger partial charge in [0.1, 0.15) is 12.4 Å². The minimum absolute atomic E-state index is 0.211. The normalized spacial score (nSPS) is 10.9. The SMILES string of the molecule is Cc1nc2ccccc2c(=O)n1CC(=O)Nc1c(Cl)cc(Cl)cc1Cl. The maximum atomic E-state index is 12.6. The quantitative estimate of drug-likeness (QED) is 0.718. The van der Waals surface area contributed by atoms with Gasteiger partial charge in [0.25, 0.3) is 5.56 Å². The van der Waals surface area contributed by atoms with E-state index in [0.717, 1.165) is 0 Å². The first kappa shape index (κ1) is 17.7. The van der Waals surface area contributed by atoms with Gasteiger partial charge in [-0.15, -0.1) is 0 Å². The molecule has 0 saturated carbocycles. The monoisotopic (exact) mass is 395 g/mol. The van der Waals surface area contributed by atoms with Crippen LogP contribution in [0.2, 0.25) is 15.1 Å². The number of carbonyl (C=O) groups is 1. The summed E-state index contributed by atoms with van der Waals surface area (Å²) < 4.78 is 1.30. The molecule has 8 heteroatoms. The summed E-state index contributed by atoms with van der Waals surface area (Å²) in [5, 5.41) is 3.84. The second kappa shape index (κ2) is 7.04. The molecule has 0 bridgehead atoms. The maximum absolute atomic E-state index is 12.6. The Balaban J connectivity index is 1.92. The number of benzene rings is 2. The Hall–Kier alpha value is -2.08. The van der Waals surface area contributed by atoms with E-state index < -0.39 is 5.91 Å². The standard InChI is InChI=1S/C17H12Cl3N3O2/c1-9-21-14-5-3-2-4-11(14)17(25)23(9)8-15(24)22-16-12(19)6-10(18)7-13(16)20/h2-7H,8H2,1H3,(H,22,24). The molecule has 25 heavy (non-hydrogen) atoms. The first-order valence-electron chi connectivity index (χ1n) is 7.27. The van der Waals surface area contributed by atoms with Crippen molar-refractivity contribution in [1.29, 1.82) is 0 Å². The average molecular weight is 397 g/mol. The van der Waals surface area contributed by atoms with E-state index in [1.54, 1.807) is 31.2 Å². The summed E-state index contributed by atoms with van der Waals surface area (Å²) >= 11 is 18.0. The summed E-state index contributed by atoms with van der Waals surface area (Å²) in [6, 6.07) is 9.92. The average Bonchev–Trinajstić information content (AvgIpc) is 2.55. The van der Waals surface area contributed by atoms with Crippen LogP contribution in [-0.4, -0.2) is 15.5 Å². The fourth-order valence-electron chi connectivity index (χ4n) is 2.45. The Morgan fingerprint density at radius 1 is 1.16 bits per heavy atom. The van der Waals surface area contributed by atoms with Crippen molar-refractivity contribution in [3.8, 4) is 0 Å². The van der Waals surface area contributed by atoms with Crippen LogP contribution in [0.1, 0.15) is 5.82 Å². The zero-order valence-electron chi connectivity index (χ0n) is 13.0. The van der Waals surface area contributed by atoms with Gasteiger partial charge in [-0.3, -0.25) is 14.2 Å². The topological polar surface area (TPSA) is 64.0 Å². The molecule has 3 aromatic rings. The predicted octanol–water partition coefficient (Wildman–Crippen LogP) is 4.30. The highest BCUT2D eigenvalue weighted by Crippen LogP contribution is 2.33. The van der Waals surface area contributed by atoms with Crippen LogP contribution in [0.5, 0.6) is 0 Å². The van der Waals surface area contributed by atoms with Gasteiger partial charge in [-0.2, -0.15) is 0 Å². The lowest BCUT2D eigenvalue weighted by Crippen LogP contribution is -2.30. The van der Waals surface area contributed by atoms with Gasteiger partial charge in [0.15, 0.2) is 0 Å². The molecule has 0 atom stereocenters. The van der Waals surface area contributed by atoms with Crippen molar-refractivity contribution in [2.24, 2.45) is 0 Å². The molecule has 0 unspecified atom stereocenters. The first-order valence-corrected chi connectivity index (χ1v) is 8.41. The van der Waals surface area contributed by atoms with E-state index in [-0.39, 0.29) is 27.8 Å². The lowest BCUT2D eigenvalue weighted by Gasteiger charge is -2.13. The van der Waals surface area contributed by atoms with Crippen LogP contribution in [0.25, 0.3) is 10.9 Å². The highest BCUT2D eigenvalue weighted by atomic mass is 35.5. The summed E-state index contributed by atoms with van der Waals surface area (Å²) in [4.78, 5) is 29.3. The van der Waals surface area contributed by atoms with Gasteiger partial charge in [-0.1, -0.05) is 46.9 Å². The lowest BCUT2D eigenvalue weighted by atomic mass is 10.2. The van der Waals surface area contributed by atoms with Gasteiger partial charge in [-0.25, -0.2) is 4.98 Å². The van der Waals surface area contributed by atoms with Crippen molar-refractivity contribution >= 4 is 57.3 Å². The van der Waals surface area contributed by atoms with E-state index in [1.807, 2.05) is 0 Å². The molecule has 1 aromatic heterocycles. The molecule has 1 N–H and O–H groups in total. The lowest BCUT2D eigenvalue weighted by molar-refractivity contribution is -0.116. The van der Waals surface area contributed by atoms with E-state index in [1.165, 1.54) is 16.7 Å². The maximum Gasteiger partial charge on any atom is 0.261 e. The molecule has 3 rings (SSSR count). The van der Waals surface area contributed by atoms with Crippen LogP contribution < -0.4 is 10.9 Å². The van der Waals surface area contributed by atoms with Gasteiger partial charge in [0.05, 0.1) is 26.6 Å². The van der Waals surface area contributed by atoms with Gasteiger partial charge >= 0.3 is 0 Å². The number of hydrogen-bond donors (Lipinski definition) is 1. The molecule has 0 aliphatic heterocycles. The summed E-state index contributed by atoms with van der Waals surface area (Å²) in [5.41, 5.74) is 0.550. The molecule has 1 heterocycles. The Morgan fingerprint density at radius 2 is 1.80 bits per heavy atom. The molecule has 1 amide bonds. The van der Waals surface area contributed by atoms with Crippen LogP contribution in [-0.2, 0) is 11.3 Å². The van der Waals surface area contributed by atoms with Crippen molar-refractivity contribution in [3.05, 3.63) is 67.6 Å². The van der Waals surface area contributed by atoms with Crippen molar-refractivity contribution in [2.45, 2.75) is 13.5 Å². The van der Waals surface area contributed by atoms with Crippen molar-refractivity contribution in [2.75, 3.05) is 5.32 Å². The fraction of sp³-hybridized carbons (Fsp3) is 0.118. The smallest absolute Gasteiger partial charge is 0.261 e. The van der Waals surface area contributed by atoms with E-state index in [2.05, 4.69) is 10.3 Å². The molecule has 128 valence electrons. The van der Waals surface area contributed by atoms with Gasteiger partial charge in [0, 0.05) is 5.02 Å². The molecule has 0 fully saturated rings. The van der Waals surface area contributed by atoms with Gasteiger partial charge in [0.2, 0.25) is 5.91 Å². The molecule has 0 radical (unpaired) electrons. The Morgan fingerprint density at radius 3 is 2.48 bits per heavy atom. The summed E-state index contributed by atoms with van der Waals surface area (Å²) in [5.74, 6) is -0.0134. The molecule has 0 saturated heterocycles. The van der Waals surface area contributed by atoms with Crippen LogP contribution >= 0.6 is 34.8 Å². The van der Waals surface area contributed by atoms with Crippen molar-refractivity contribution in [3.63, 3.8) is 0 Å². The van der Waals surface area contributed by atoms with Crippen LogP contribution in [0.15, 0.2) is 41.2 Å². The van der Waals surface area contributed by atoms with Crippen molar-refractivity contribution < 1.29 is 4.79 Å². The van der Waals surface area contributed by atoms with Crippen LogP contribution in [0.3, 0.4) is 0 Å². The van der Waals surface area contributed by atoms with Gasteiger partial charge in [-0.05, 0) is 31.2 Å². The molecule has 0 aliphatic rings. The van der Waals surface area contributed by atoms with Crippen molar-refractivity contribution in [1.82, 2.24) is 9.55 Å². The summed E-state index contributed by atoms with van der Waals surface area (Å²) in [7, 11) is 0. The summed E-state index contributed by atoms with van der Waals surface area (Å²) in [6.07, 6.45) is 0. The predicted molar refractivity (Wildman–Crippen MR) is 101 cm³/mol. The van der Waals surface area contributed by atoms with E-state index in [9.17, 15) is 9.59 Å². The third kappa shape index (κ3) is 3.63. The molecule has 0 spiro atoms. The third-order valence-corrected chi connectivity index (χ3v) is 4.44. The Kier molecular flexibility index (Phi) is 4.99. The molecule has 5 nitrogen and oxygen atoms in total. The minimum atomic E-state index is -0.451. The third-order valence-electron chi connectivity index (χ3n) is 3.63. The van der Waals surface area contributed by atoms with E-state index in [4.69, 9.17) is 34.8 Å². The highest BCUT2D eigenvalue weighted by molar-refractivity contribution is 6.42. The number of aryl methyl sites for hydroxylation is 1. The zero-order chi connectivity index (χ0) is 18.1. The van der Waals surface area contributed by atoms with E-state index >= 15 is 0 Å². The highest BCUT2D eigenvalue weighted by Gasteiger charge is 2.14. The van der Waals surface area contributed by atoms with E-state index in [0.29, 0.717) is 21.7 Å². The van der Waals surface area contributed by atoms with Crippen LogP contribution in [0.4, 0.5) is 5.69 Å². The summed E-state index contributed by atoms with van der Waals surface area (Å²) in [6.45, 7) is 1.46. The number of amides is 1. The zero-order valence-corrected chi connectivity index (χ0v) is 15.3. The second-order valence-corrected chi connectivity index (χ2v) is 6.61. The number of halogens is 3. The number of rotatable bonds is 3. The number of para-hydroxylation sites is 1. The first-order chi connectivity index (χ1) is 11.9. The number of nitrogens with one attached hydrogen (secondary N) is 1. The number of nitrogens with zero attached hydrogens (tertiary/aromatic N) is 2. The number of carbonyl (C=O) groups excluding carboxylic acids is 1. The van der Waals surface area contributed by atoms with Gasteiger partial charge < -0.3 is 5.32 Å².